The van der Waals surface area contributed by atoms with Crippen molar-refractivity contribution in [1.29, 1.82) is 0 Å². The Kier molecular flexibility index (Phi) is 4.13. The summed E-state index contributed by atoms with van der Waals surface area (Å²) in [6, 6.07) is 6.59. The fraction of sp³-hybridized carbons (Fsp3) is 0.118. The highest BCUT2D eigenvalue weighted by Crippen LogP contribution is 2.25. The van der Waals surface area contributed by atoms with Crippen molar-refractivity contribution in [2.45, 2.75) is 4.90 Å². The van der Waals surface area contributed by atoms with Crippen LogP contribution in [0.15, 0.2) is 60.1 Å². The summed E-state index contributed by atoms with van der Waals surface area (Å²) in [6.07, 6.45) is 8.70. The number of nitrogens with one attached hydrogen (secondary N) is 2. The number of hydrogen-bond donors (Lipinski definition) is 2. The van der Waals surface area contributed by atoms with E-state index in [1.54, 1.807) is 49.1 Å². The lowest BCUT2D eigenvalue weighted by atomic mass is 10.3. The molecule has 1 aromatic carbocycles. The fourth-order valence-corrected chi connectivity index (χ4v) is 3.64. The molecule has 2 N–H and O–H groups in total. The smallest absolute Gasteiger partial charge is 0.242 e. The van der Waals surface area contributed by atoms with E-state index in [-0.39, 0.29) is 4.90 Å². The van der Waals surface area contributed by atoms with E-state index >= 15 is 0 Å². The molecule has 0 aliphatic rings. The molecule has 9 nitrogen and oxygen atoms in total. The largest absolute Gasteiger partial charge is 0.337 e. The van der Waals surface area contributed by atoms with Gasteiger partial charge in [0.2, 0.25) is 10.0 Å². The first-order valence-corrected chi connectivity index (χ1v) is 9.51. The maximum atomic E-state index is 12.3. The zero-order valence-corrected chi connectivity index (χ0v) is 15.5. The second-order valence-corrected chi connectivity index (χ2v) is 8.19. The second kappa shape index (κ2) is 6.49. The molecule has 3 heterocycles. The molecule has 138 valence electrons. The highest BCUT2D eigenvalue weighted by atomic mass is 32.2. The van der Waals surface area contributed by atoms with E-state index in [2.05, 4.69) is 25.5 Å². The highest BCUT2D eigenvalue weighted by molar-refractivity contribution is 7.89. The van der Waals surface area contributed by atoms with Gasteiger partial charge >= 0.3 is 0 Å². The van der Waals surface area contributed by atoms with Gasteiger partial charge in [-0.15, -0.1) is 0 Å². The summed E-state index contributed by atoms with van der Waals surface area (Å²) >= 11 is 0. The van der Waals surface area contributed by atoms with Crippen LogP contribution in [0.5, 0.6) is 0 Å². The minimum atomic E-state index is -3.52. The van der Waals surface area contributed by atoms with Gasteiger partial charge in [0.05, 0.1) is 23.0 Å². The Morgan fingerprint density at radius 3 is 2.78 bits per heavy atom. The first-order chi connectivity index (χ1) is 13.0. The van der Waals surface area contributed by atoms with Gasteiger partial charge in [0.25, 0.3) is 0 Å². The Hall–Kier alpha value is -3.24. The Morgan fingerprint density at radius 1 is 1.19 bits per heavy atom. The summed E-state index contributed by atoms with van der Waals surface area (Å²) in [6.45, 7) is 0. The van der Waals surface area contributed by atoms with Crippen LogP contribution >= 0.6 is 0 Å². The number of imidazole rings is 1. The maximum absolute atomic E-state index is 12.3. The van der Waals surface area contributed by atoms with Crippen LogP contribution in [0.3, 0.4) is 0 Å². The van der Waals surface area contributed by atoms with Crippen molar-refractivity contribution in [2.24, 2.45) is 0 Å². The number of fused-ring (bicyclic) bond motifs is 1. The highest BCUT2D eigenvalue weighted by Gasteiger charge is 2.18. The zero-order chi connectivity index (χ0) is 19.0. The van der Waals surface area contributed by atoms with Crippen LogP contribution in [0.4, 0.5) is 11.5 Å². The molecular formula is C17H17N7O2S. The van der Waals surface area contributed by atoms with E-state index in [0.29, 0.717) is 17.2 Å². The van der Waals surface area contributed by atoms with Gasteiger partial charge in [0.15, 0.2) is 11.5 Å². The molecule has 0 saturated heterocycles. The third kappa shape index (κ3) is 3.04. The van der Waals surface area contributed by atoms with Gasteiger partial charge in [0, 0.05) is 43.9 Å². The zero-order valence-electron chi connectivity index (χ0n) is 14.7. The molecule has 4 aromatic rings. The van der Waals surface area contributed by atoms with Crippen LogP contribution in [0.2, 0.25) is 0 Å². The summed E-state index contributed by atoms with van der Waals surface area (Å²) in [5, 5.41) is 9.90. The van der Waals surface area contributed by atoms with Crippen molar-refractivity contribution in [3.8, 4) is 11.3 Å². The Bertz CT molecular complexity index is 1200. The summed E-state index contributed by atoms with van der Waals surface area (Å²) in [7, 11) is -0.519. The molecule has 0 bridgehead atoms. The number of anilines is 2. The number of nitrogens with zero attached hydrogens (tertiary/aromatic N) is 5. The first kappa shape index (κ1) is 17.2. The van der Waals surface area contributed by atoms with Crippen molar-refractivity contribution in [1.82, 2.24) is 28.9 Å². The average Bonchev–Trinajstić information content (AvgIpc) is 3.31. The molecule has 0 amide bonds. The Morgan fingerprint density at radius 2 is 2.04 bits per heavy atom. The summed E-state index contributed by atoms with van der Waals surface area (Å²) < 4.78 is 27.7. The van der Waals surface area contributed by atoms with Crippen LogP contribution < -0.4 is 5.32 Å². The molecule has 0 aliphatic carbocycles. The quantitative estimate of drug-likeness (QED) is 0.546. The maximum Gasteiger partial charge on any atom is 0.242 e. The number of benzene rings is 1. The predicted molar refractivity (Wildman–Crippen MR) is 101 cm³/mol. The first-order valence-electron chi connectivity index (χ1n) is 8.07. The van der Waals surface area contributed by atoms with Crippen molar-refractivity contribution in [3.05, 3.63) is 55.2 Å². The number of aromatic amines is 1. The second-order valence-electron chi connectivity index (χ2n) is 6.04. The van der Waals surface area contributed by atoms with Gasteiger partial charge in [-0.2, -0.15) is 5.10 Å². The molecular weight excluding hydrogens is 366 g/mol. The van der Waals surface area contributed by atoms with Gasteiger partial charge in [0.1, 0.15) is 0 Å². The normalized spacial score (nSPS) is 12.0. The van der Waals surface area contributed by atoms with E-state index in [0.717, 1.165) is 11.3 Å². The molecule has 0 unspecified atom stereocenters. The fourth-order valence-electron chi connectivity index (χ4n) is 2.69. The lowest BCUT2D eigenvalue weighted by molar-refractivity contribution is 0.521. The number of aromatic nitrogens is 5. The monoisotopic (exact) mass is 383 g/mol. The minimum absolute atomic E-state index is 0.201. The van der Waals surface area contributed by atoms with Gasteiger partial charge in [-0.3, -0.25) is 9.50 Å². The van der Waals surface area contributed by atoms with Crippen LogP contribution in [0.1, 0.15) is 0 Å². The third-order valence-corrected chi connectivity index (χ3v) is 5.91. The lowest BCUT2D eigenvalue weighted by Gasteiger charge is -2.13. The van der Waals surface area contributed by atoms with Crippen molar-refractivity contribution in [3.63, 3.8) is 0 Å². The van der Waals surface area contributed by atoms with E-state index in [4.69, 9.17) is 0 Å². The van der Waals surface area contributed by atoms with Gasteiger partial charge < -0.3 is 5.32 Å². The van der Waals surface area contributed by atoms with E-state index in [9.17, 15) is 8.42 Å². The molecule has 0 fully saturated rings. The molecule has 27 heavy (non-hydrogen) atoms. The summed E-state index contributed by atoms with van der Waals surface area (Å²) in [5.74, 6) is 0.520. The number of rotatable bonds is 5. The third-order valence-electron chi connectivity index (χ3n) is 4.10. The molecule has 3 aromatic heterocycles. The molecule has 0 spiro atoms. The van der Waals surface area contributed by atoms with E-state index < -0.39 is 10.0 Å². The van der Waals surface area contributed by atoms with Gasteiger partial charge in [-0.25, -0.2) is 22.7 Å². The van der Waals surface area contributed by atoms with E-state index in [1.807, 2.05) is 10.6 Å². The lowest BCUT2D eigenvalue weighted by Crippen LogP contribution is -2.22. The molecule has 0 saturated carbocycles. The summed E-state index contributed by atoms with van der Waals surface area (Å²) in [5.41, 5.74) is 2.99. The molecule has 0 aliphatic heterocycles. The van der Waals surface area contributed by atoms with Gasteiger partial charge in [-0.1, -0.05) is 6.07 Å². The molecule has 0 atom stereocenters. The van der Waals surface area contributed by atoms with Crippen LogP contribution in [0.25, 0.3) is 16.9 Å². The van der Waals surface area contributed by atoms with Gasteiger partial charge in [-0.05, 0) is 18.2 Å². The molecule has 4 rings (SSSR count). The topological polar surface area (TPSA) is 108 Å². The Balaban J connectivity index is 1.73. The Labute approximate surface area is 155 Å². The number of sulfonamides is 1. The van der Waals surface area contributed by atoms with E-state index in [1.165, 1.54) is 18.4 Å². The van der Waals surface area contributed by atoms with Crippen molar-refractivity contribution >= 4 is 27.2 Å². The molecule has 0 radical (unpaired) electrons. The van der Waals surface area contributed by atoms with Crippen LogP contribution in [-0.4, -0.2) is 51.4 Å². The van der Waals surface area contributed by atoms with Crippen LogP contribution in [-0.2, 0) is 10.0 Å². The predicted octanol–water partition coefficient (Wildman–Crippen LogP) is 2.11. The minimum Gasteiger partial charge on any atom is -0.337 e. The average molecular weight is 383 g/mol. The SMILES string of the molecule is CN(C)S(=O)(=O)c1cccc(Nc2nccn3c(-c4cn[nH]c4)cnc23)c1. The summed E-state index contributed by atoms with van der Waals surface area (Å²) in [4.78, 5) is 8.99. The standard InChI is InChI=1S/C17H17N7O2S/c1-23(2)27(25,26)14-5-3-4-13(8-14)22-16-17-19-11-15(12-9-20-21-10-12)24(17)7-6-18-16/h3-11H,1-2H3,(H,18,22)(H,20,21). The van der Waals surface area contributed by atoms with Crippen molar-refractivity contribution < 1.29 is 8.42 Å². The number of H-pyrrole nitrogens is 1. The molecule has 10 heteroatoms. The van der Waals surface area contributed by atoms with Crippen LogP contribution in [0, 0.1) is 0 Å². The van der Waals surface area contributed by atoms with Crippen molar-refractivity contribution in [2.75, 3.05) is 19.4 Å². The number of hydrogen-bond acceptors (Lipinski definition) is 6.